The number of nitrogens with zero attached hydrogens (tertiary/aromatic N) is 1. The van der Waals surface area contributed by atoms with Crippen molar-refractivity contribution in [3.63, 3.8) is 0 Å². The van der Waals surface area contributed by atoms with E-state index in [1.54, 1.807) is 4.90 Å². The van der Waals surface area contributed by atoms with Gasteiger partial charge in [0.2, 0.25) is 0 Å². The van der Waals surface area contributed by atoms with Crippen LogP contribution in [0.15, 0.2) is 30.4 Å². The Morgan fingerprint density at radius 2 is 2.28 bits per heavy atom. The Kier molecular flexibility index (Phi) is 3.70. The highest BCUT2D eigenvalue weighted by Gasteiger charge is 2.19. The van der Waals surface area contributed by atoms with Crippen molar-refractivity contribution in [1.82, 2.24) is 4.90 Å². The number of hydrogen-bond donors (Lipinski definition) is 1. The van der Waals surface area contributed by atoms with Crippen LogP contribution in [-0.4, -0.2) is 30.9 Å². The predicted molar refractivity (Wildman–Crippen MR) is 75.0 cm³/mol. The van der Waals surface area contributed by atoms with Crippen LogP contribution in [-0.2, 0) is 6.42 Å². The van der Waals surface area contributed by atoms with Gasteiger partial charge in [-0.05, 0) is 37.5 Å². The van der Waals surface area contributed by atoms with Crippen LogP contribution < -0.4 is 5.32 Å². The number of benzene rings is 1. The summed E-state index contributed by atoms with van der Waals surface area (Å²) in [7, 11) is 1.83. The van der Waals surface area contributed by atoms with E-state index < -0.39 is 0 Å². The molecule has 0 unspecified atom stereocenters. The van der Waals surface area contributed by atoms with Gasteiger partial charge in [0, 0.05) is 31.4 Å². The maximum atomic E-state index is 12.4. The number of rotatable bonds is 3. The fourth-order valence-corrected chi connectivity index (χ4v) is 2.39. The molecule has 0 fully saturated rings. The smallest absolute Gasteiger partial charge is 0.254 e. The first-order chi connectivity index (χ1) is 8.59. The number of carbonyl (C=O) groups excluding carboxylic acids is 1. The monoisotopic (exact) mass is 244 g/mol. The summed E-state index contributed by atoms with van der Waals surface area (Å²) in [6.45, 7) is 7.39. The molecule has 1 aliphatic rings. The molecule has 0 atom stereocenters. The van der Waals surface area contributed by atoms with Gasteiger partial charge < -0.3 is 10.2 Å². The second kappa shape index (κ2) is 5.25. The van der Waals surface area contributed by atoms with Gasteiger partial charge in [0.25, 0.3) is 5.91 Å². The van der Waals surface area contributed by atoms with E-state index in [4.69, 9.17) is 0 Å². The van der Waals surface area contributed by atoms with Crippen LogP contribution in [0.3, 0.4) is 0 Å². The van der Waals surface area contributed by atoms with E-state index in [1.165, 1.54) is 0 Å². The van der Waals surface area contributed by atoms with E-state index in [0.29, 0.717) is 6.54 Å². The summed E-state index contributed by atoms with van der Waals surface area (Å²) in [5, 5.41) is 3.35. The summed E-state index contributed by atoms with van der Waals surface area (Å²) in [4.78, 5) is 14.1. The van der Waals surface area contributed by atoms with Gasteiger partial charge in [0.15, 0.2) is 0 Å². The fraction of sp³-hybridized carbons (Fsp3) is 0.400. The molecule has 0 saturated heterocycles. The van der Waals surface area contributed by atoms with Gasteiger partial charge in [-0.2, -0.15) is 0 Å². The van der Waals surface area contributed by atoms with Crippen molar-refractivity contribution in [3.05, 3.63) is 41.5 Å². The molecule has 3 heteroatoms. The van der Waals surface area contributed by atoms with Crippen molar-refractivity contribution in [3.8, 4) is 0 Å². The minimum atomic E-state index is 0.0820. The Morgan fingerprint density at radius 3 is 3.00 bits per heavy atom. The SMILES string of the molecule is C=C(C)CN(C)C(=O)c1cccc2c1CCCN2. The summed E-state index contributed by atoms with van der Waals surface area (Å²) in [5.74, 6) is 0.0820. The first kappa shape index (κ1) is 12.7. The average Bonchev–Trinajstić information content (AvgIpc) is 2.36. The van der Waals surface area contributed by atoms with Gasteiger partial charge in [0.05, 0.1) is 0 Å². The minimum absolute atomic E-state index is 0.0820. The third-order valence-corrected chi connectivity index (χ3v) is 3.18. The molecule has 0 aliphatic carbocycles. The zero-order chi connectivity index (χ0) is 13.1. The van der Waals surface area contributed by atoms with Gasteiger partial charge in [-0.25, -0.2) is 0 Å². The van der Waals surface area contributed by atoms with E-state index in [0.717, 1.165) is 41.8 Å². The predicted octanol–water partition coefficient (Wildman–Crippen LogP) is 2.69. The van der Waals surface area contributed by atoms with Crippen molar-refractivity contribution in [2.24, 2.45) is 0 Å². The number of likely N-dealkylation sites (N-methyl/N-ethyl adjacent to an activating group) is 1. The number of anilines is 1. The first-order valence-corrected chi connectivity index (χ1v) is 6.35. The Labute approximate surface area is 108 Å². The third kappa shape index (κ3) is 2.55. The molecule has 3 nitrogen and oxygen atoms in total. The number of hydrogen-bond acceptors (Lipinski definition) is 2. The molecule has 0 aromatic heterocycles. The van der Waals surface area contributed by atoms with Crippen molar-refractivity contribution in [2.75, 3.05) is 25.5 Å². The molecule has 0 bridgehead atoms. The molecule has 1 heterocycles. The zero-order valence-corrected chi connectivity index (χ0v) is 11.1. The van der Waals surface area contributed by atoms with Crippen LogP contribution >= 0.6 is 0 Å². The molecule has 1 aromatic carbocycles. The summed E-state index contributed by atoms with van der Waals surface area (Å²) < 4.78 is 0. The lowest BCUT2D eigenvalue weighted by Crippen LogP contribution is -2.29. The van der Waals surface area contributed by atoms with Crippen LogP contribution in [0, 0.1) is 0 Å². The van der Waals surface area contributed by atoms with Gasteiger partial charge >= 0.3 is 0 Å². The van der Waals surface area contributed by atoms with Crippen LogP contribution in [0.1, 0.15) is 29.3 Å². The molecule has 1 amide bonds. The Bertz CT molecular complexity index is 479. The highest BCUT2D eigenvalue weighted by molar-refractivity contribution is 5.97. The van der Waals surface area contributed by atoms with Gasteiger partial charge in [-0.1, -0.05) is 18.2 Å². The topological polar surface area (TPSA) is 32.3 Å². The molecule has 0 spiro atoms. The van der Waals surface area contributed by atoms with Gasteiger partial charge in [-0.3, -0.25) is 4.79 Å². The lowest BCUT2D eigenvalue weighted by atomic mass is 9.97. The largest absolute Gasteiger partial charge is 0.385 e. The van der Waals surface area contributed by atoms with Gasteiger partial charge in [0.1, 0.15) is 0 Å². The highest BCUT2D eigenvalue weighted by atomic mass is 16.2. The van der Waals surface area contributed by atoms with E-state index in [9.17, 15) is 4.79 Å². The number of carbonyl (C=O) groups is 1. The summed E-state index contributed by atoms with van der Waals surface area (Å²) >= 11 is 0. The molecule has 96 valence electrons. The highest BCUT2D eigenvalue weighted by Crippen LogP contribution is 2.26. The lowest BCUT2D eigenvalue weighted by molar-refractivity contribution is 0.0806. The minimum Gasteiger partial charge on any atom is -0.385 e. The van der Waals surface area contributed by atoms with Crippen LogP contribution in [0.2, 0.25) is 0 Å². The molecular formula is C15H20N2O. The number of amides is 1. The number of nitrogens with one attached hydrogen (secondary N) is 1. The van der Waals surface area contributed by atoms with Crippen molar-refractivity contribution in [2.45, 2.75) is 19.8 Å². The van der Waals surface area contributed by atoms with E-state index in [2.05, 4.69) is 11.9 Å². The average molecular weight is 244 g/mol. The molecule has 1 aliphatic heterocycles. The van der Waals surface area contributed by atoms with Crippen molar-refractivity contribution >= 4 is 11.6 Å². The Morgan fingerprint density at radius 1 is 1.50 bits per heavy atom. The molecule has 18 heavy (non-hydrogen) atoms. The maximum Gasteiger partial charge on any atom is 0.254 e. The molecule has 1 N–H and O–H groups in total. The molecule has 2 rings (SSSR count). The number of fused-ring (bicyclic) bond motifs is 1. The normalized spacial score (nSPS) is 13.4. The standard InChI is InChI=1S/C15H20N2O/c1-11(2)10-17(3)15(18)13-6-4-8-14-12(13)7-5-9-16-14/h4,6,8,16H,1,5,7,9-10H2,2-3H3. The summed E-state index contributed by atoms with van der Waals surface area (Å²) in [5.41, 5.74) is 4.08. The first-order valence-electron chi connectivity index (χ1n) is 6.35. The van der Waals surface area contributed by atoms with E-state index in [1.807, 2.05) is 32.2 Å². The third-order valence-electron chi connectivity index (χ3n) is 3.18. The lowest BCUT2D eigenvalue weighted by Gasteiger charge is -2.23. The van der Waals surface area contributed by atoms with Crippen molar-refractivity contribution < 1.29 is 4.79 Å². The van der Waals surface area contributed by atoms with E-state index >= 15 is 0 Å². The second-order valence-electron chi connectivity index (χ2n) is 4.98. The van der Waals surface area contributed by atoms with Crippen LogP contribution in [0.4, 0.5) is 5.69 Å². The fourth-order valence-electron chi connectivity index (χ4n) is 2.39. The van der Waals surface area contributed by atoms with Gasteiger partial charge in [-0.15, -0.1) is 0 Å². The Balaban J connectivity index is 2.27. The Hall–Kier alpha value is -1.77. The maximum absolute atomic E-state index is 12.4. The second-order valence-corrected chi connectivity index (χ2v) is 4.98. The zero-order valence-electron chi connectivity index (χ0n) is 11.1. The van der Waals surface area contributed by atoms with Crippen LogP contribution in [0.5, 0.6) is 0 Å². The molecule has 0 saturated carbocycles. The van der Waals surface area contributed by atoms with Crippen LogP contribution in [0.25, 0.3) is 0 Å². The summed E-state index contributed by atoms with van der Waals surface area (Å²) in [6, 6.07) is 5.91. The molecule has 1 aromatic rings. The molecular weight excluding hydrogens is 224 g/mol. The summed E-state index contributed by atoms with van der Waals surface area (Å²) in [6.07, 6.45) is 2.06. The van der Waals surface area contributed by atoms with Crippen molar-refractivity contribution in [1.29, 1.82) is 0 Å². The quantitative estimate of drug-likeness (QED) is 0.829. The molecule has 0 radical (unpaired) electrons. The van der Waals surface area contributed by atoms with E-state index in [-0.39, 0.29) is 5.91 Å².